The molecule has 1 saturated heterocycles. The van der Waals surface area contributed by atoms with Crippen molar-refractivity contribution < 1.29 is 4.74 Å². The zero-order chi connectivity index (χ0) is 13.2. The van der Waals surface area contributed by atoms with Crippen LogP contribution in [0.25, 0.3) is 0 Å². The zero-order valence-electron chi connectivity index (χ0n) is 11.3. The third kappa shape index (κ3) is 3.10. The van der Waals surface area contributed by atoms with E-state index in [2.05, 4.69) is 31.7 Å². The van der Waals surface area contributed by atoms with Crippen molar-refractivity contribution in [1.29, 1.82) is 5.26 Å². The average molecular weight is 244 g/mol. The Morgan fingerprint density at radius 3 is 2.83 bits per heavy atom. The zero-order valence-corrected chi connectivity index (χ0v) is 11.3. The number of morpholine rings is 1. The Balaban J connectivity index is 2.12. The molecule has 0 N–H and O–H groups in total. The lowest BCUT2D eigenvalue weighted by Crippen LogP contribution is -2.51. The molecule has 18 heavy (non-hydrogen) atoms. The third-order valence-electron chi connectivity index (χ3n) is 3.17. The van der Waals surface area contributed by atoms with Crippen molar-refractivity contribution in [2.24, 2.45) is 0 Å². The van der Waals surface area contributed by atoms with Crippen LogP contribution in [0.15, 0.2) is 24.3 Å². The van der Waals surface area contributed by atoms with Crippen molar-refractivity contribution in [2.45, 2.75) is 39.0 Å². The van der Waals surface area contributed by atoms with Gasteiger partial charge in [-0.15, -0.1) is 0 Å². The van der Waals surface area contributed by atoms with Crippen LogP contribution in [0.1, 0.15) is 31.9 Å². The lowest BCUT2D eigenvalue weighted by atomic mass is 10.0. The summed E-state index contributed by atoms with van der Waals surface area (Å²) in [6.07, 6.45) is 0.239. The Labute approximate surface area is 109 Å². The standard InChI is InChI=1S/C15H20N2O/c1-12-9-17(11-15(2,3)18-12)10-14-7-5-4-6-13(14)8-16/h4-7,12H,9-11H2,1-3H3. The van der Waals surface area contributed by atoms with E-state index in [0.29, 0.717) is 0 Å². The number of nitrogens with zero attached hydrogens (tertiary/aromatic N) is 2. The third-order valence-corrected chi connectivity index (χ3v) is 3.17. The molecule has 96 valence electrons. The first-order chi connectivity index (χ1) is 8.50. The second-order valence-corrected chi connectivity index (χ2v) is 5.63. The van der Waals surface area contributed by atoms with E-state index in [1.807, 2.05) is 24.3 Å². The summed E-state index contributed by atoms with van der Waals surface area (Å²) < 4.78 is 5.89. The maximum absolute atomic E-state index is 9.11. The van der Waals surface area contributed by atoms with Crippen LogP contribution in [0.2, 0.25) is 0 Å². The number of ether oxygens (including phenoxy) is 1. The van der Waals surface area contributed by atoms with Crippen molar-refractivity contribution in [3.63, 3.8) is 0 Å². The average Bonchev–Trinajstić information content (AvgIpc) is 2.27. The molecule has 1 fully saturated rings. The predicted molar refractivity (Wildman–Crippen MR) is 71.1 cm³/mol. The van der Waals surface area contributed by atoms with Gasteiger partial charge in [0.25, 0.3) is 0 Å². The summed E-state index contributed by atoms with van der Waals surface area (Å²) in [5, 5.41) is 9.11. The highest BCUT2D eigenvalue weighted by atomic mass is 16.5. The van der Waals surface area contributed by atoms with Gasteiger partial charge in [0, 0.05) is 19.6 Å². The second kappa shape index (κ2) is 5.09. The van der Waals surface area contributed by atoms with Gasteiger partial charge < -0.3 is 4.74 Å². The van der Waals surface area contributed by atoms with E-state index < -0.39 is 0 Å². The van der Waals surface area contributed by atoms with Crippen molar-refractivity contribution in [3.8, 4) is 6.07 Å². The maximum atomic E-state index is 9.11. The van der Waals surface area contributed by atoms with Crippen LogP contribution in [0.4, 0.5) is 0 Å². The predicted octanol–water partition coefficient (Wildman–Crippen LogP) is 2.56. The fourth-order valence-electron chi connectivity index (χ4n) is 2.71. The Hall–Kier alpha value is -1.37. The summed E-state index contributed by atoms with van der Waals surface area (Å²) in [5.74, 6) is 0. The lowest BCUT2D eigenvalue weighted by Gasteiger charge is -2.41. The maximum Gasteiger partial charge on any atom is 0.0995 e. The molecule has 3 nitrogen and oxygen atoms in total. The van der Waals surface area contributed by atoms with Crippen molar-refractivity contribution in [1.82, 2.24) is 4.90 Å². The van der Waals surface area contributed by atoms with Crippen molar-refractivity contribution in [3.05, 3.63) is 35.4 Å². The Morgan fingerprint density at radius 2 is 2.17 bits per heavy atom. The van der Waals surface area contributed by atoms with Crippen LogP contribution >= 0.6 is 0 Å². The molecule has 1 aromatic carbocycles. The van der Waals surface area contributed by atoms with Crippen LogP contribution in [0, 0.1) is 11.3 Å². The molecule has 0 amide bonds. The van der Waals surface area contributed by atoms with Gasteiger partial charge in [0.1, 0.15) is 0 Å². The van der Waals surface area contributed by atoms with Crippen LogP contribution in [0.3, 0.4) is 0 Å². The summed E-state index contributed by atoms with van der Waals surface area (Å²) in [6.45, 7) is 8.98. The van der Waals surface area contributed by atoms with E-state index >= 15 is 0 Å². The van der Waals surface area contributed by atoms with Crippen molar-refractivity contribution in [2.75, 3.05) is 13.1 Å². The van der Waals surface area contributed by atoms with E-state index in [4.69, 9.17) is 10.00 Å². The summed E-state index contributed by atoms with van der Waals surface area (Å²) in [4.78, 5) is 2.37. The van der Waals surface area contributed by atoms with E-state index in [9.17, 15) is 0 Å². The molecule has 1 atom stereocenters. The van der Waals surface area contributed by atoms with Crippen LogP contribution in [-0.2, 0) is 11.3 Å². The Morgan fingerprint density at radius 1 is 1.44 bits per heavy atom. The first-order valence-electron chi connectivity index (χ1n) is 6.38. The molecule has 1 aliphatic rings. The monoisotopic (exact) mass is 244 g/mol. The molecule has 1 aliphatic heterocycles. The molecule has 0 aromatic heterocycles. The molecule has 0 bridgehead atoms. The van der Waals surface area contributed by atoms with Crippen molar-refractivity contribution >= 4 is 0 Å². The molecule has 1 unspecified atom stereocenters. The van der Waals surface area contributed by atoms with Crippen LogP contribution in [-0.4, -0.2) is 29.7 Å². The topological polar surface area (TPSA) is 36.3 Å². The minimum Gasteiger partial charge on any atom is -0.370 e. The van der Waals surface area contributed by atoms with E-state index in [1.165, 1.54) is 0 Å². The van der Waals surface area contributed by atoms with Gasteiger partial charge in [0.05, 0.1) is 23.3 Å². The largest absolute Gasteiger partial charge is 0.370 e. The lowest BCUT2D eigenvalue weighted by molar-refractivity contribution is -0.130. The fourth-order valence-corrected chi connectivity index (χ4v) is 2.71. The van der Waals surface area contributed by atoms with Gasteiger partial charge in [-0.1, -0.05) is 18.2 Å². The van der Waals surface area contributed by atoms with Gasteiger partial charge in [-0.2, -0.15) is 5.26 Å². The molecule has 0 aliphatic carbocycles. The number of hydrogen-bond donors (Lipinski definition) is 0. The summed E-state index contributed by atoms with van der Waals surface area (Å²) >= 11 is 0. The van der Waals surface area contributed by atoms with E-state index in [-0.39, 0.29) is 11.7 Å². The summed E-state index contributed by atoms with van der Waals surface area (Å²) in [5.41, 5.74) is 1.76. The normalized spacial score (nSPS) is 23.6. The number of rotatable bonds is 2. The van der Waals surface area contributed by atoms with Gasteiger partial charge in [0.15, 0.2) is 0 Å². The molecule has 2 rings (SSSR count). The fraction of sp³-hybridized carbons (Fsp3) is 0.533. The molecule has 0 spiro atoms. The van der Waals surface area contributed by atoms with Crippen LogP contribution in [0.5, 0.6) is 0 Å². The van der Waals surface area contributed by atoms with Gasteiger partial charge in [-0.05, 0) is 32.4 Å². The first-order valence-corrected chi connectivity index (χ1v) is 6.38. The quantitative estimate of drug-likeness (QED) is 0.802. The first kappa shape index (κ1) is 13.1. The molecule has 0 radical (unpaired) electrons. The SMILES string of the molecule is CC1CN(Cc2ccccc2C#N)CC(C)(C)O1. The number of benzene rings is 1. The Bertz CT molecular complexity index is 462. The highest BCUT2D eigenvalue weighted by molar-refractivity contribution is 5.37. The van der Waals surface area contributed by atoms with Gasteiger partial charge >= 0.3 is 0 Å². The minimum absolute atomic E-state index is 0.112. The number of nitriles is 1. The molecule has 1 aromatic rings. The minimum atomic E-state index is -0.112. The van der Waals surface area contributed by atoms with E-state index in [1.54, 1.807) is 0 Å². The number of hydrogen-bond acceptors (Lipinski definition) is 3. The molecular weight excluding hydrogens is 224 g/mol. The van der Waals surface area contributed by atoms with Crippen LogP contribution < -0.4 is 0 Å². The van der Waals surface area contributed by atoms with Gasteiger partial charge in [-0.25, -0.2) is 0 Å². The molecule has 0 saturated carbocycles. The highest BCUT2D eigenvalue weighted by Crippen LogP contribution is 2.22. The second-order valence-electron chi connectivity index (χ2n) is 5.63. The highest BCUT2D eigenvalue weighted by Gasteiger charge is 2.31. The summed E-state index contributed by atoms with van der Waals surface area (Å²) in [7, 11) is 0. The summed E-state index contributed by atoms with van der Waals surface area (Å²) in [6, 6.07) is 10.1. The van der Waals surface area contributed by atoms with Gasteiger partial charge in [0.2, 0.25) is 0 Å². The van der Waals surface area contributed by atoms with E-state index in [0.717, 1.165) is 30.8 Å². The Kier molecular flexibility index (Phi) is 3.70. The van der Waals surface area contributed by atoms with Gasteiger partial charge in [-0.3, -0.25) is 4.90 Å². The molecule has 3 heteroatoms. The smallest absolute Gasteiger partial charge is 0.0995 e. The molecular formula is C15H20N2O. The molecule has 1 heterocycles.